The van der Waals surface area contributed by atoms with Gasteiger partial charge in [-0.25, -0.2) is 0 Å². The highest BCUT2D eigenvalue weighted by Gasteiger charge is 2.11. The Hall–Kier alpha value is -2.89. The van der Waals surface area contributed by atoms with Crippen molar-refractivity contribution in [3.05, 3.63) is 90.5 Å². The van der Waals surface area contributed by atoms with Crippen LogP contribution in [0.15, 0.2) is 84.9 Å². The van der Waals surface area contributed by atoms with E-state index >= 15 is 0 Å². The first-order valence-corrected chi connectivity index (χ1v) is 9.57. The molecule has 4 nitrogen and oxygen atoms in total. The fraction of sp³-hybridized carbons (Fsp3) is 0.174. The molecule has 144 valence electrons. The number of rotatable bonds is 8. The van der Waals surface area contributed by atoms with Crippen molar-refractivity contribution in [2.75, 3.05) is 25.6 Å². The molecular weight excluding hydrogens is 368 g/mol. The van der Waals surface area contributed by atoms with Gasteiger partial charge in [-0.15, -0.1) is 0 Å². The summed E-state index contributed by atoms with van der Waals surface area (Å²) in [6.07, 6.45) is 0. The Labute approximate surface area is 171 Å². The van der Waals surface area contributed by atoms with E-state index in [9.17, 15) is 0 Å². The van der Waals surface area contributed by atoms with Crippen molar-refractivity contribution >= 4 is 23.0 Å². The lowest BCUT2D eigenvalue weighted by Gasteiger charge is -2.26. The molecule has 1 N–H and O–H groups in total. The molecule has 0 heterocycles. The van der Waals surface area contributed by atoms with E-state index in [1.807, 2.05) is 72.8 Å². The molecule has 0 aromatic heterocycles. The Morgan fingerprint density at radius 2 is 1.46 bits per heavy atom. The van der Waals surface area contributed by atoms with Crippen LogP contribution in [0.5, 0.6) is 11.5 Å². The number of nitrogens with one attached hydrogen (secondary N) is 1. The van der Waals surface area contributed by atoms with E-state index in [0.29, 0.717) is 18.3 Å². The molecule has 0 spiro atoms. The minimum Gasteiger partial charge on any atom is -0.457 e. The second-order valence-electron chi connectivity index (χ2n) is 6.27. The molecule has 0 amide bonds. The lowest BCUT2D eigenvalue weighted by Crippen LogP contribution is -2.36. The van der Waals surface area contributed by atoms with Crippen LogP contribution in [-0.2, 0) is 11.3 Å². The summed E-state index contributed by atoms with van der Waals surface area (Å²) in [5.41, 5.74) is 2.12. The first-order chi connectivity index (χ1) is 13.7. The van der Waals surface area contributed by atoms with Gasteiger partial charge >= 0.3 is 0 Å². The van der Waals surface area contributed by atoms with Gasteiger partial charge in [0.05, 0.1) is 6.61 Å². The number of nitrogens with zero attached hydrogens (tertiary/aromatic N) is 1. The first kappa shape index (κ1) is 19.9. The molecule has 28 heavy (non-hydrogen) atoms. The summed E-state index contributed by atoms with van der Waals surface area (Å²) in [4.78, 5) is 2.10. The zero-order valence-electron chi connectivity index (χ0n) is 15.9. The molecule has 3 rings (SSSR count). The molecule has 0 bridgehead atoms. The van der Waals surface area contributed by atoms with Gasteiger partial charge in [0.15, 0.2) is 5.11 Å². The van der Waals surface area contributed by atoms with Crippen LogP contribution in [0.25, 0.3) is 0 Å². The van der Waals surface area contributed by atoms with Crippen LogP contribution in [0.1, 0.15) is 5.56 Å². The SMILES string of the molecule is COCCN(Cc1ccccc1)C(=S)Nc1ccc(Oc2ccccc2)cc1. The zero-order chi connectivity index (χ0) is 19.6. The molecule has 0 aliphatic rings. The highest BCUT2D eigenvalue weighted by Crippen LogP contribution is 2.23. The number of thiocarbonyl (C=S) groups is 1. The Bertz CT molecular complexity index is 855. The highest BCUT2D eigenvalue weighted by molar-refractivity contribution is 7.80. The standard InChI is InChI=1S/C23H24N2O2S/c1-26-17-16-25(18-19-8-4-2-5-9-19)23(28)24-20-12-14-22(15-13-20)27-21-10-6-3-7-11-21/h2-15H,16-18H2,1H3,(H,24,28). The maximum atomic E-state index is 5.83. The minimum atomic E-state index is 0.610. The molecule has 0 unspecified atom stereocenters. The van der Waals surface area contributed by atoms with Gasteiger partial charge in [0.25, 0.3) is 0 Å². The van der Waals surface area contributed by atoms with Gasteiger partial charge in [-0.05, 0) is 54.2 Å². The fourth-order valence-corrected chi connectivity index (χ4v) is 2.96. The monoisotopic (exact) mass is 392 g/mol. The average Bonchev–Trinajstić information content (AvgIpc) is 2.74. The Morgan fingerprint density at radius 3 is 2.11 bits per heavy atom. The number of ether oxygens (including phenoxy) is 2. The maximum Gasteiger partial charge on any atom is 0.173 e. The van der Waals surface area contributed by atoms with Crippen LogP contribution in [-0.4, -0.2) is 30.3 Å². The Balaban J connectivity index is 1.62. The van der Waals surface area contributed by atoms with Crippen LogP contribution in [0.4, 0.5) is 5.69 Å². The van der Waals surface area contributed by atoms with Crippen molar-refractivity contribution in [2.24, 2.45) is 0 Å². The summed E-state index contributed by atoms with van der Waals surface area (Å²) in [6.45, 7) is 2.05. The van der Waals surface area contributed by atoms with E-state index in [2.05, 4.69) is 22.3 Å². The molecule has 0 aliphatic carbocycles. The summed E-state index contributed by atoms with van der Waals surface area (Å²) in [7, 11) is 1.70. The second kappa shape index (κ2) is 10.4. The van der Waals surface area contributed by atoms with E-state index < -0.39 is 0 Å². The van der Waals surface area contributed by atoms with Gasteiger partial charge < -0.3 is 19.7 Å². The van der Waals surface area contributed by atoms with Crippen molar-refractivity contribution in [1.29, 1.82) is 0 Å². The quantitative estimate of drug-likeness (QED) is 0.525. The van der Waals surface area contributed by atoms with E-state index in [1.54, 1.807) is 7.11 Å². The van der Waals surface area contributed by atoms with Gasteiger partial charge in [-0.2, -0.15) is 0 Å². The van der Waals surface area contributed by atoms with Crippen LogP contribution in [0.2, 0.25) is 0 Å². The second-order valence-corrected chi connectivity index (χ2v) is 6.66. The summed E-state index contributed by atoms with van der Waals surface area (Å²) < 4.78 is 11.1. The van der Waals surface area contributed by atoms with Crippen molar-refractivity contribution in [2.45, 2.75) is 6.54 Å². The topological polar surface area (TPSA) is 33.7 Å². The van der Waals surface area contributed by atoms with E-state index in [-0.39, 0.29) is 0 Å². The van der Waals surface area contributed by atoms with Gasteiger partial charge in [-0.3, -0.25) is 0 Å². The van der Waals surface area contributed by atoms with Crippen LogP contribution in [0, 0.1) is 0 Å². The average molecular weight is 393 g/mol. The van der Waals surface area contributed by atoms with Crippen molar-refractivity contribution in [3.8, 4) is 11.5 Å². The third-order valence-electron chi connectivity index (χ3n) is 4.15. The smallest absolute Gasteiger partial charge is 0.173 e. The summed E-state index contributed by atoms with van der Waals surface area (Å²) in [6, 6.07) is 27.8. The van der Waals surface area contributed by atoms with E-state index in [1.165, 1.54) is 5.56 Å². The third-order valence-corrected chi connectivity index (χ3v) is 4.51. The number of methoxy groups -OCH3 is 1. The number of para-hydroxylation sites is 1. The molecule has 3 aromatic rings. The predicted octanol–water partition coefficient (Wildman–Crippen LogP) is 5.32. The number of hydrogen-bond acceptors (Lipinski definition) is 3. The van der Waals surface area contributed by atoms with E-state index in [0.717, 1.165) is 23.7 Å². The maximum absolute atomic E-state index is 5.83. The van der Waals surface area contributed by atoms with Gasteiger partial charge in [0.1, 0.15) is 11.5 Å². The van der Waals surface area contributed by atoms with E-state index in [4.69, 9.17) is 21.7 Å². The summed E-state index contributed by atoms with van der Waals surface area (Å²) in [5, 5.41) is 3.97. The van der Waals surface area contributed by atoms with Crippen molar-refractivity contribution in [3.63, 3.8) is 0 Å². The van der Waals surface area contributed by atoms with Crippen LogP contribution in [0.3, 0.4) is 0 Å². The lowest BCUT2D eigenvalue weighted by molar-refractivity contribution is 0.175. The third kappa shape index (κ3) is 6.08. The molecule has 0 radical (unpaired) electrons. The zero-order valence-corrected chi connectivity index (χ0v) is 16.7. The molecule has 0 saturated carbocycles. The normalized spacial score (nSPS) is 10.3. The van der Waals surface area contributed by atoms with Gasteiger partial charge in [0.2, 0.25) is 0 Å². The predicted molar refractivity (Wildman–Crippen MR) is 118 cm³/mol. The fourth-order valence-electron chi connectivity index (χ4n) is 2.69. The summed E-state index contributed by atoms with van der Waals surface area (Å²) in [5.74, 6) is 1.59. The number of hydrogen-bond donors (Lipinski definition) is 1. The molecule has 0 atom stereocenters. The molecular formula is C23H24N2O2S. The highest BCUT2D eigenvalue weighted by atomic mass is 32.1. The van der Waals surface area contributed by atoms with Gasteiger partial charge in [-0.1, -0.05) is 48.5 Å². The lowest BCUT2D eigenvalue weighted by atomic mass is 10.2. The van der Waals surface area contributed by atoms with Crippen molar-refractivity contribution in [1.82, 2.24) is 4.90 Å². The van der Waals surface area contributed by atoms with Crippen LogP contribution < -0.4 is 10.1 Å². The Kier molecular flexibility index (Phi) is 7.41. The van der Waals surface area contributed by atoms with Crippen LogP contribution >= 0.6 is 12.2 Å². The molecule has 0 aliphatic heterocycles. The number of anilines is 1. The van der Waals surface area contributed by atoms with Gasteiger partial charge in [0, 0.05) is 25.9 Å². The summed E-state index contributed by atoms with van der Waals surface area (Å²) >= 11 is 5.64. The van der Waals surface area contributed by atoms with Crippen molar-refractivity contribution < 1.29 is 9.47 Å². The number of benzene rings is 3. The molecule has 0 saturated heterocycles. The molecule has 0 fully saturated rings. The Morgan fingerprint density at radius 1 is 0.857 bits per heavy atom. The minimum absolute atomic E-state index is 0.610. The largest absolute Gasteiger partial charge is 0.457 e. The molecule has 5 heteroatoms. The molecule has 3 aromatic carbocycles. The first-order valence-electron chi connectivity index (χ1n) is 9.16.